The van der Waals surface area contributed by atoms with E-state index in [9.17, 15) is 9.90 Å². The Bertz CT molecular complexity index is 1160. The second-order valence-electron chi connectivity index (χ2n) is 7.60. The zero-order chi connectivity index (χ0) is 20.1. The molecule has 1 aromatic heterocycles. The van der Waals surface area contributed by atoms with Crippen LogP contribution < -0.4 is 5.32 Å². The Labute approximate surface area is 176 Å². The van der Waals surface area contributed by atoms with Crippen molar-refractivity contribution in [3.8, 4) is 5.75 Å². The lowest BCUT2D eigenvalue weighted by atomic mass is 9.72. The van der Waals surface area contributed by atoms with Crippen molar-refractivity contribution in [2.24, 2.45) is 0 Å². The number of carbonyl (C=O) groups is 1. The van der Waals surface area contributed by atoms with Crippen LogP contribution in [0, 0.1) is 6.92 Å². The number of benzene rings is 2. The van der Waals surface area contributed by atoms with E-state index in [0.29, 0.717) is 18.7 Å². The van der Waals surface area contributed by atoms with Crippen LogP contribution in [0.25, 0.3) is 0 Å². The van der Waals surface area contributed by atoms with Crippen molar-refractivity contribution >= 4 is 27.6 Å². The Kier molecular flexibility index (Phi) is 4.32. The van der Waals surface area contributed by atoms with E-state index in [4.69, 9.17) is 4.52 Å². The van der Waals surface area contributed by atoms with Gasteiger partial charge in [0, 0.05) is 34.0 Å². The van der Waals surface area contributed by atoms with Gasteiger partial charge in [-0.05, 0) is 42.7 Å². The Morgan fingerprint density at radius 2 is 2.00 bits per heavy atom. The monoisotopic (exact) mass is 450 g/mol. The number of aromatic nitrogens is 1. The number of aryl methyl sites for hydroxylation is 1. The zero-order valence-electron chi connectivity index (χ0n) is 15.8. The van der Waals surface area contributed by atoms with Gasteiger partial charge in [0.15, 0.2) is 5.78 Å². The van der Waals surface area contributed by atoms with Gasteiger partial charge in [-0.3, -0.25) is 4.79 Å². The molecule has 2 atom stereocenters. The standard InChI is InChI=1S/C23H19BrN2O3/c1-12-20-21(13-5-4-6-15(24)9-13)22-17(25-23(20)29-26-12)10-14(11-19(22)28)16-7-2-3-8-18(16)27/h2-9,14,21,25,27H,10-11H2,1H3/t14-,21-/m1/s1. The number of phenols is 1. The molecular weight excluding hydrogens is 432 g/mol. The van der Waals surface area contributed by atoms with Crippen LogP contribution in [-0.4, -0.2) is 16.0 Å². The van der Waals surface area contributed by atoms with E-state index in [2.05, 4.69) is 26.4 Å². The van der Waals surface area contributed by atoms with Crippen molar-refractivity contribution in [3.63, 3.8) is 0 Å². The van der Waals surface area contributed by atoms with Crippen molar-refractivity contribution in [1.82, 2.24) is 5.16 Å². The Hall–Kier alpha value is -2.86. The average Bonchev–Trinajstić information content (AvgIpc) is 3.07. The minimum Gasteiger partial charge on any atom is -0.508 e. The van der Waals surface area contributed by atoms with E-state index in [-0.39, 0.29) is 23.4 Å². The highest BCUT2D eigenvalue weighted by Crippen LogP contribution is 2.49. The number of nitrogens with zero attached hydrogens (tertiary/aromatic N) is 1. The van der Waals surface area contributed by atoms with E-state index in [0.717, 1.165) is 38.1 Å². The summed E-state index contributed by atoms with van der Waals surface area (Å²) < 4.78 is 6.51. The lowest BCUT2D eigenvalue weighted by Gasteiger charge is -2.34. The Morgan fingerprint density at radius 3 is 2.79 bits per heavy atom. The predicted octanol–water partition coefficient (Wildman–Crippen LogP) is 5.41. The number of hydrogen-bond acceptors (Lipinski definition) is 5. The average molecular weight is 451 g/mol. The van der Waals surface area contributed by atoms with Crippen LogP contribution in [0.3, 0.4) is 0 Å². The molecule has 0 spiro atoms. The number of halogens is 1. The van der Waals surface area contributed by atoms with Gasteiger partial charge in [-0.25, -0.2) is 0 Å². The number of allylic oxidation sites excluding steroid dienone is 2. The number of phenolic OH excluding ortho intramolecular Hbond substituents is 1. The van der Waals surface area contributed by atoms with Crippen molar-refractivity contribution in [2.75, 3.05) is 5.32 Å². The molecule has 5 nitrogen and oxygen atoms in total. The molecule has 5 rings (SSSR count). The summed E-state index contributed by atoms with van der Waals surface area (Å²) in [5, 5.41) is 17.7. The number of para-hydroxylation sites is 1. The molecule has 0 unspecified atom stereocenters. The van der Waals surface area contributed by atoms with Gasteiger partial charge >= 0.3 is 0 Å². The maximum Gasteiger partial charge on any atom is 0.233 e. The van der Waals surface area contributed by atoms with Gasteiger partial charge in [-0.1, -0.05) is 51.4 Å². The van der Waals surface area contributed by atoms with Crippen LogP contribution in [0.15, 0.2) is 68.8 Å². The fourth-order valence-electron chi connectivity index (χ4n) is 4.54. The lowest BCUT2D eigenvalue weighted by Crippen LogP contribution is -2.29. The summed E-state index contributed by atoms with van der Waals surface area (Å²) in [5.74, 6) is 0.608. The minimum atomic E-state index is -0.220. The minimum absolute atomic E-state index is 0.0799. The first-order valence-electron chi connectivity index (χ1n) is 9.55. The van der Waals surface area contributed by atoms with E-state index in [1.807, 2.05) is 43.3 Å². The van der Waals surface area contributed by atoms with Crippen LogP contribution in [-0.2, 0) is 4.79 Å². The molecule has 0 bridgehead atoms. The summed E-state index contributed by atoms with van der Waals surface area (Å²) in [6.45, 7) is 1.90. The molecule has 29 heavy (non-hydrogen) atoms. The first-order valence-corrected chi connectivity index (χ1v) is 10.3. The van der Waals surface area contributed by atoms with Crippen molar-refractivity contribution in [2.45, 2.75) is 31.6 Å². The number of nitrogens with one attached hydrogen (secondary N) is 1. The second kappa shape index (κ2) is 6.88. The number of rotatable bonds is 2. The normalized spacial score (nSPS) is 20.8. The number of fused-ring (bicyclic) bond motifs is 1. The third-order valence-electron chi connectivity index (χ3n) is 5.82. The SMILES string of the molecule is Cc1noc2c1[C@@H](c1cccc(Br)c1)C1=C(C[C@@H](c3ccccc3O)CC1=O)N2. The highest BCUT2D eigenvalue weighted by Gasteiger charge is 2.41. The van der Waals surface area contributed by atoms with Gasteiger partial charge in [0.25, 0.3) is 0 Å². The van der Waals surface area contributed by atoms with Gasteiger partial charge in [-0.2, -0.15) is 0 Å². The molecule has 1 aliphatic heterocycles. The smallest absolute Gasteiger partial charge is 0.233 e. The molecule has 2 aliphatic rings. The molecule has 2 aromatic carbocycles. The number of ketones is 1. The van der Waals surface area contributed by atoms with Gasteiger partial charge in [0.1, 0.15) is 5.75 Å². The molecule has 146 valence electrons. The van der Waals surface area contributed by atoms with E-state index >= 15 is 0 Å². The lowest BCUT2D eigenvalue weighted by molar-refractivity contribution is -0.116. The predicted molar refractivity (Wildman–Crippen MR) is 113 cm³/mol. The quantitative estimate of drug-likeness (QED) is 0.545. The first-order chi connectivity index (χ1) is 14.0. The van der Waals surface area contributed by atoms with Crippen LogP contribution >= 0.6 is 15.9 Å². The summed E-state index contributed by atoms with van der Waals surface area (Å²) in [6.07, 6.45) is 0.991. The summed E-state index contributed by atoms with van der Waals surface area (Å²) in [5.41, 5.74) is 5.13. The maximum atomic E-state index is 13.4. The highest BCUT2D eigenvalue weighted by molar-refractivity contribution is 9.10. The molecule has 0 fully saturated rings. The number of carbonyl (C=O) groups excluding carboxylic acids is 1. The van der Waals surface area contributed by atoms with E-state index in [1.165, 1.54) is 0 Å². The zero-order valence-corrected chi connectivity index (χ0v) is 17.4. The van der Waals surface area contributed by atoms with Gasteiger partial charge in [0.05, 0.1) is 11.3 Å². The molecule has 6 heteroatoms. The summed E-state index contributed by atoms with van der Waals surface area (Å²) in [6, 6.07) is 15.3. The second-order valence-corrected chi connectivity index (χ2v) is 8.52. The van der Waals surface area contributed by atoms with Gasteiger partial charge in [0.2, 0.25) is 5.88 Å². The van der Waals surface area contributed by atoms with Crippen molar-refractivity contribution in [3.05, 3.63) is 86.7 Å². The van der Waals surface area contributed by atoms with Crippen LogP contribution in [0.5, 0.6) is 5.75 Å². The van der Waals surface area contributed by atoms with Crippen LogP contribution in [0.2, 0.25) is 0 Å². The van der Waals surface area contributed by atoms with E-state index in [1.54, 1.807) is 12.1 Å². The molecule has 1 aliphatic carbocycles. The van der Waals surface area contributed by atoms with Crippen LogP contribution in [0.1, 0.15) is 47.1 Å². The van der Waals surface area contributed by atoms with E-state index < -0.39 is 0 Å². The topological polar surface area (TPSA) is 75.4 Å². The van der Waals surface area contributed by atoms with Crippen molar-refractivity contribution in [1.29, 1.82) is 0 Å². The highest BCUT2D eigenvalue weighted by atomic mass is 79.9. The third-order valence-corrected chi connectivity index (χ3v) is 6.31. The largest absolute Gasteiger partial charge is 0.508 e. The molecule has 3 aromatic rings. The summed E-state index contributed by atoms with van der Waals surface area (Å²) in [7, 11) is 0. The molecule has 2 heterocycles. The Balaban J connectivity index is 1.64. The molecule has 0 saturated heterocycles. The van der Waals surface area contributed by atoms with Gasteiger partial charge < -0.3 is 14.9 Å². The molecular formula is C23H19BrN2O3. The summed E-state index contributed by atoms with van der Waals surface area (Å²) in [4.78, 5) is 13.4. The maximum absolute atomic E-state index is 13.4. The fourth-order valence-corrected chi connectivity index (χ4v) is 4.96. The fraction of sp³-hybridized carbons (Fsp3) is 0.217. The first kappa shape index (κ1) is 18.2. The van der Waals surface area contributed by atoms with Crippen molar-refractivity contribution < 1.29 is 14.4 Å². The third kappa shape index (κ3) is 2.99. The van der Waals surface area contributed by atoms with Crippen LogP contribution in [0.4, 0.5) is 5.88 Å². The number of aromatic hydroxyl groups is 1. The van der Waals surface area contributed by atoms with Gasteiger partial charge in [-0.15, -0.1) is 0 Å². The molecule has 0 radical (unpaired) electrons. The summed E-state index contributed by atoms with van der Waals surface area (Å²) >= 11 is 3.55. The number of anilines is 1. The number of hydrogen-bond donors (Lipinski definition) is 2. The molecule has 0 saturated carbocycles. The Morgan fingerprint density at radius 1 is 1.17 bits per heavy atom. The molecule has 2 N–H and O–H groups in total. The number of Topliss-reactive ketones (excluding diaryl/α,β-unsaturated/α-hetero) is 1. The molecule has 0 amide bonds.